The molecule has 1 nitrogen and oxygen atoms in total. The Morgan fingerprint density at radius 1 is 1.00 bits per heavy atom. The second-order valence-electron chi connectivity index (χ2n) is 4.23. The molecule has 0 unspecified atom stereocenters. The van der Waals surface area contributed by atoms with Crippen molar-refractivity contribution >= 4 is 33.1 Å². The number of nitriles is 1. The van der Waals surface area contributed by atoms with Crippen LogP contribution in [0.25, 0.3) is 21.7 Å². The topological polar surface area (TPSA) is 23.8 Å². The standard InChI is InChI=1S/C17H11NS/c18-11-14(10-13-6-2-1-3-7-13)16-12-19-17-9-5-4-8-15(16)17/h1-10,12H/b14-10+. The lowest BCUT2D eigenvalue weighted by atomic mass is 10.0. The highest BCUT2D eigenvalue weighted by Gasteiger charge is 2.08. The summed E-state index contributed by atoms with van der Waals surface area (Å²) in [6.07, 6.45) is 1.94. The van der Waals surface area contributed by atoms with Crippen LogP contribution in [0.4, 0.5) is 0 Å². The summed E-state index contributed by atoms with van der Waals surface area (Å²) in [7, 11) is 0. The molecule has 0 amide bonds. The fraction of sp³-hybridized carbons (Fsp3) is 0. The second-order valence-corrected chi connectivity index (χ2v) is 5.14. The van der Waals surface area contributed by atoms with E-state index in [1.54, 1.807) is 11.3 Å². The molecule has 19 heavy (non-hydrogen) atoms. The van der Waals surface area contributed by atoms with Gasteiger partial charge >= 0.3 is 0 Å². The molecule has 0 aliphatic carbocycles. The van der Waals surface area contributed by atoms with Gasteiger partial charge in [-0.2, -0.15) is 5.26 Å². The van der Waals surface area contributed by atoms with Gasteiger partial charge in [0.25, 0.3) is 0 Å². The van der Waals surface area contributed by atoms with Gasteiger partial charge in [0.2, 0.25) is 0 Å². The fourth-order valence-electron chi connectivity index (χ4n) is 2.07. The van der Waals surface area contributed by atoms with Crippen molar-refractivity contribution < 1.29 is 0 Å². The summed E-state index contributed by atoms with van der Waals surface area (Å²) in [6.45, 7) is 0. The highest BCUT2D eigenvalue weighted by Crippen LogP contribution is 2.31. The van der Waals surface area contributed by atoms with Gasteiger partial charge in [0.1, 0.15) is 0 Å². The van der Waals surface area contributed by atoms with Crippen LogP contribution in [0.15, 0.2) is 60.0 Å². The first-order chi connectivity index (χ1) is 9.38. The third-order valence-electron chi connectivity index (χ3n) is 3.00. The predicted octanol–water partition coefficient (Wildman–Crippen LogP) is 4.97. The molecule has 0 saturated carbocycles. The molecule has 90 valence electrons. The van der Waals surface area contributed by atoms with E-state index < -0.39 is 0 Å². The summed E-state index contributed by atoms with van der Waals surface area (Å²) < 4.78 is 1.21. The molecule has 0 spiro atoms. The highest BCUT2D eigenvalue weighted by molar-refractivity contribution is 7.17. The fourth-order valence-corrected chi connectivity index (χ4v) is 3.03. The van der Waals surface area contributed by atoms with E-state index in [9.17, 15) is 5.26 Å². The molecule has 0 atom stereocenters. The highest BCUT2D eigenvalue weighted by atomic mass is 32.1. The van der Waals surface area contributed by atoms with E-state index in [1.807, 2.05) is 48.5 Å². The molecule has 0 aliphatic heterocycles. The number of benzene rings is 2. The van der Waals surface area contributed by atoms with E-state index in [0.29, 0.717) is 5.57 Å². The van der Waals surface area contributed by atoms with Crippen LogP contribution < -0.4 is 0 Å². The third-order valence-corrected chi connectivity index (χ3v) is 3.97. The first-order valence-corrected chi connectivity index (χ1v) is 6.90. The van der Waals surface area contributed by atoms with E-state index in [4.69, 9.17) is 0 Å². The van der Waals surface area contributed by atoms with Gasteiger partial charge in [-0.1, -0.05) is 48.5 Å². The predicted molar refractivity (Wildman–Crippen MR) is 81.8 cm³/mol. The minimum atomic E-state index is 0.712. The lowest BCUT2D eigenvalue weighted by molar-refractivity contribution is 1.53. The molecule has 0 fully saturated rings. The Morgan fingerprint density at radius 2 is 1.74 bits per heavy atom. The number of rotatable bonds is 2. The van der Waals surface area contributed by atoms with E-state index in [0.717, 1.165) is 16.5 Å². The monoisotopic (exact) mass is 261 g/mol. The molecule has 0 radical (unpaired) electrons. The number of thiophene rings is 1. The Hall–Kier alpha value is -2.37. The van der Waals surface area contributed by atoms with Crippen LogP contribution >= 0.6 is 11.3 Å². The molecule has 1 aromatic heterocycles. The molecular weight excluding hydrogens is 250 g/mol. The molecule has 3 aromatic rings. The maximum atomic E-state index is 9.40. The van der Waals surface area contributed by atoms with Crippen LogP contribution in [-0.2, 0) is 0 Å². The summed E-state index contributed by atoms with van der Waals surface area (Å²) >= 11 is 1.68. The van der Waals surface area contributed by atoms with Crippen molar-refractivity contribution in [2.75, 3.05) is 0 Å². The van der Waals surface area contributed by atoms with Crippen LogP contribution in [0.2, 0.25) is 0 Å². The Bertz CT molecular complexity index is 776. The Labute approximate surface area is 116 Å². The lowest BCUT2D eigenvalue weighted by Gasteiger charge is -1.98. The van der Waals surface area contributed by atoms with Crippen molar-refractivity contribution in [1.82, 2.24) is 0 Å². The Balaban J connectivity index is 2.14. The molecular formula is C17H11NS. The molecule has 3 rings (SSSR count). The van der Waals surface area contributed by atoms with Crippen LogP contribution in [0, 0.1) is 11.3 Å². The van der Waals surface area contributed by atoms with Crippen molar-refractivity contribution in [1.29, 1.82) is 5.26 Å². The van der Waals surface area contributed by atoms with Crippen molar-refractivity contribution in [3.05, 3.63) is 71.1 Å². The minimum absolute atomic E-state index is 0.712. The number of nitrogens with zero attached hydrogens (tertiary/aromatic N) is 1. The van der Waals surface area contributed by atoms with Gasteiger partial charge in [0, 0.05) is 21.0 Å². The molecule has 0 saturated heterocycles. The van der Waals surface area contributed by atoms with Gasteiger partial charge in [-0.3, -0.25) is 0 Å². The molecule has 2 heteroatoms. The molecule has 0 bridgehead atoms. The van der Waals surface area contributed by atoms with Crippen LogP contribution in [0.3, 0.4) is 0 Å². The van der Waals surface area contributed by atoms with E-state index >= 15 is 0 Å². The zero-order chi connectivity index (χ0) is 13.1. The van der Waals surface area contributed by atoms with Gasteiger partial charge in [0.05, 0.1) is 11.6 Å². The lowest BCUT2D eigenvalue weighted by Crippen LogP contribution is -1.79. The number of hydrogen-bond acceptors (Lipinski definition) is 2. The average Bonchev–Trinajstić information content (AvgIpc) is 2.90. The van der Waals surface area contributed by atoms with Crippen molar-refractivity contribution in [3.63, 3.8) is 0 Å². The van der Waals surface area contributed by atoms with Crippen LogP contribution in [0.5, 0.6) is 0 Å². The summed E-state index contributed by atoms with van der Waals surface area (Å²) in [6, 6.07) is 20.4. The first-order valence-electron chi connectivity index (χ1n) is 6.02. The second kappa shape index (κ2) is 5.09. The molecule has 1 heterocycles. The van der Waals surface area contributed by atoms with Crippen molar-refractivity contribution in [3.8, 4) is 6.07 Å². The number of allylic oxidation sites excluding steroid dienone is 1. The largest absolute Gasteiger partial charge is 0.192 e. The van der Waals surface area contributed by atoms with E-state index in [-0.39, 0.29) is 0 Å². The maximum Gasteiger partial charge on any atom is 0.0998 e. The summed E-state index contributed by atoms with van der Waals surface area (Å²) in [5, 5.41) is 12.6. The third kappa shape index (κ3) is 2.29. The van der Waals surface area contributed by atoms with E-state index in [1.165, 1.54) is 4.70 Å². The molecule has 0 aliphatic rings. The SMILES string of the molecule is N#C/C(=C\c1ccccc1)c1csc2ccccc12. The first kappa shape index (κ1) is 11.7. The summed E-state index contributed by atoms with van der Waals surface area (Å²) in [5.74, 6) is 0. The zero-order valence-electron chi connectivity index (χ0n) is 10.2. The Kier molecular flexibility index (Phi) is 3.14. The normalized spacial score (nSPS) is 11.4. The average molecular weight is 261 g/mol. The number of fused-ring (bicyclic) bond motifs is 1. The van der Waals surface area contributed by atoms with E-state index in [2.05, 4.69) is 23.6 Å². The van der Waals surface area contributed by atoms with Crippen molar-refractivity contribution in [2.45, 2.75) is 0 Å². The molecule has 2 aromatic carbocycles. The van der Waals surface area contributed by atoms with Gasteiger partial charge in [-0.05, 0) is 17.7 Å². The zero-order valence-corrected chi connectivity index (χ0v) is 11.0. The van der Waals surface area contributed by atoms with Gasteiger partial charge in [-0.15, -0.1) is 11.3 Å². The summed E-state index contributed by atoms with van der Waals surface area (Å²) in [5.41, 5.74) is 2.78. The van der Waals surface area contributed by atoms with Gasteiger partial charge in [-0.25, -0.2) is 0 Å². The quantitative estimate of drug-likeness (QED) is 0.598. The minimum Gasteiger partial charge on any atom is -0.192 e. The number of hydrogen-bond donors (Lipinski definition) is 0. The summed E-state index contributed by atoms with van der Waals surface area (Å²) in [4.78, 5) is 0. The van der Waals surface area contributed by atoms with Gasteiger partial charge in [0.15, 0.2) is 0 Å². The smallest absolute Gasteiger partial charge is 0.0998 e. The van der Waals surface area contributed by atoms with Crippen LogP contribution in [-0.4, -0.2) is 0 Å². The Morgan fingerprint density at radius 3 is 2.53 bits per heavy atom. The van der Waals surface area contributed by atoms with Gasteiger partial charge < -0.3 is 0 Å². The van der Waals surface area contributed by atoms with Crippen molar-refractivity contribution in [2.24, 2.45) is 0 Å². The maximum absolute atomic E-state index is 9.40. The van der Waals surface area contributed by atoms with Crippen LogP contribution in [0.1, 0.15) is 11.1 Å². The molecule has 0 N–H and O–H groups in total.